The van der Waals surface area contributed by atoms with Gasteiger partial charge >= 0.3 is 0 Å². The zero-order valence-electron chi connectivity index (χ0n) is 55.2. The Morgan fingerprint density at radius 2 is 0.926 bits per heavy atom. The predicted octanol–water partition coefficient (Wildman–Crippen LogP) is 10.8. The Morgan fingerprint density at radius 3 is 1.46 bits per heavy atom. The highest BCUT2D eigenvalue weighted by atomic mass is 19.1. The molecule has 2 atom stereocenters. The molecule has 3 aliphatic heterocycles. The number of fused-ring (bicyclic) bond motifs is 3. The Labute approximate surface area is 547 Å². The summed E-state index contributed by atoms with van der Waals surface area (Å²) in [4.78, 5) is 5.48. The Hall–Kier alpha value is -10.1. The lowest BCUT2D eigenvalue weighted by Gasteiger charge is -2.48. The smallest absolute Gasteiger partial charge is 0.201 e. The number of pyridine rings is 1. The summed E-state index contributed by atoms with van der Waals surface area (Å²) in [5, 5.41) is 107. The number of H-pyrrole nitrogens is 1. The lowest BCUT2D eigenvalue weighted by molar-refractivity contribution is 0.0257. The van der Waals surface area contributed by atoms with Crippen molar-refractivity contribution in [3.05, 3.63) is 128 Å². The monoisotopic (exact) mass is 1280 g/mol. The van der Waals surface area contributed by atoms with Gasteiger partial charge in [0, 0.05) is 85.5 Å². The van der Waals surface area contributed by atoms with Gasteiger partial charge in [0.25, 0.3) is 0 Å². The van der Waals surface area contributed by atoms with Gasteiger partial charge in [-0.05, 0) is 199 Å². The molecule has 95 heavy (non-hydrogen) atoms. The molecule has 0 bridgehead atoms. The highest BCUT2D eigenvalue weighted by Gasteiger charge is 2.48. The van der Waals surface area contributed by atoms with Gasteiger partial charge < -0.3 is 31.3 Å². The summed E-state index contributed by atoms with van der Waals surface area (Å²) in [6.45, 7) is 25.5. The number of hydrogen-bond donors (Lipinski definition) is 7. The molecule has 15 rings (SSSR count). The fraction of sp³-hybridized carbons (Fsp3) is 0.397. The number of nitrogens with zero attached hydrogens (tertiary/aromatic N) is 19. The third-order valence-electron chi connectivity index (χ3n) is 17.8. The number of aromatic hydroxyl groups is 3. The molecule has 9 aromatic heterocycles. The average molecular weight is 1280 g/mol. The maximum Gasteiger partial charge on any atom is 0.201 e. The van der Waals surface area contributed by atoms with Crippen LogP contribution in [0.15, 0.2) is 128 Å². The molecule has 0 radical (unpaired) electrons. The van der Waals surface area contributed by atoms with Crippen LogP contribution in [0, 0.1) is 0 Å². The Balaban J connectivity index is 0.000000129. The van der Waals surface area contributed by atoms with Crippen LogP contribution in [0.2, 0.25) is 0 Å². The van der Waals surface area contributed by atoms with Crippen LogP contribution < -0.4 is 16.0 Å². The number of aromatic amines is 1. The SMILES string of the molecule is CC1(C)CC(n2ncc3cc(-c4ccc(-c5ccncc5)cc4O)nnc32)CC(C)(C)N1.CC1(C)CC(n2nnc3cc(-c4ccc(-n5nccn5)cc4O)nnc32)CC(C)(C)N1.CC1(C)C[C@H](n2nnc3cc(-c4ccc(-c5cn[nH]c5)cc4O)nnc32)[C@H](F)C(C)(C)N1. The van der Waals surface area contributed by atoms with Crippen molar-refractivity contribution in [3.63, 3.8) is 0 Å². The summed E-state index contributed by atoms with van der Waals surface area (Å²) >= 11 is 0. The van der Waals surface area contributed by atoms with Crippen molar-refractivity contribution >= 4 is 33.4 Å². The van der Waals surface area contributed by atoms with Crippen molar-refractivity contribution in [1.82, 2.24) is 116 Å². The van der Waals surface area contributed by atoms with E-state index in [1.165, 1.54) is 4.80 Å². The van der Waals surface area contributed by atoms with E-state index < -0.39 is 17.8 Å². The van der Waals surface area contributed by atoms with Crippen LogP contribution >= 0.6 is 0 Å². The predicted molar refractivity (Wildman–Crippen MR) is 358 cm³/mol. The van der Waals surface area contributed by atoms with Crippen LogP contribution in [0.3, 0.4) is 0 Å². The zero-order chi connectivity index (χ0) is 67.0. The number of phenols is 3. The summed E-state index contributed by atoms with van der Waals surface area (Å²) in [6.07, 6.45) is 15.0. The van der Waals surface area contributed by atoms with Crippen LogP contribution in [0.4, 0.5) is 4.39 Å². The molecule has 12 heterocycles. The second-order valence-corrected chi connectivity index (χ2v) is 29.1. The Kier molecular flexibility index (Phi) is 16.1. The van der Waals surface area contributed by atoms with Gasteiger partial charge in [-0.1, -0.05) is 22.6 Å². The van der Waals surface area contributed by atoms with Crippen LogP contribution in [0.1, 0.15) is 133 Å². The first-order valence-electron chi connectivity index (χ1n) is 31.7. The van der Waals surface area contributed by atoms with E-state index in [1.807, 2.05) is 91.8 Å². The summed E-state index contributed by atoms with van der Waals surface area (Å²) in [6, 6.07) is 25.3. The number of benzene rings is 3. The molecule has 12 aromatic rings. The van der Waals surface area contributed by atoms with Crippen molar-refractivity contribution in [2.24, 2.45) is 0 Å². The number of hydrogen-bond acceptors (Lipinski definition) is 21. The first-order chi connectivity index (χ1) is 45.1. The highest BCUT2D eigenvalue weighted by molar-refractivity contribution is 5.83. The molecule has 0 aliphatic carbocycles. The molecule has 3 saturated heterocycles. The van der Waals surface area contributed by atoms with E-state index in [4.69, 9.17) is 0 Å². The van der Waals surface area contributed by atoms with Gasteiger partial charge in [-0.2, -0.15) is 25.2 Å². The number of halogens is 1. The van der Waals surface area contributed by atoms with Crippen LogP contribution in [0.5, 0.6) is 17.2 Å². The van der Waals surface area contributed by atoms with Crippen molar-refractivity contribution in [2.75, 3.05) is 0 Å². The number of aromatic nitrogens is 20. The van der Waals surface area contributed by atoms with Gasteiger partial charge in [0.1, 0.15) is 34.5 Å². The molecule has 7 N–H and O–H groups in total. The largest absolute Gasteiger partial charge is 0.507 e. The molecule has 0 saturated carbocycles. The molecular weight excluding hydrogens is 1210 g/mol. The molecule has 0 amide bonds. The Bertz CT molecular complexity index is 4720. The third-order valence-corrected chi connectivity index (χ3v) is 17.8. The number of phenolic OH excluding ortho intramolecular Hbond substituents is 3. The second-order valence-electron chi connectivity index (χ2n) is 29.1. The molecule has 3 aromatic carbocycles. The van der Waals surface area contributed by atoms with Crippen molar-refractivity contribution in [2.45, 2.75) is 173 Å². The van der Waals surface area contributed by atoms with Crippen molar-refractivity contribution < 1.29 is 19.7 Å². The van der Waals surface area contributed by atoms with Gasteiger partial charge in [-0.15, -0.1) is 40.8 Å². The molecular formula is C68H78FN23O3. The molecule has 26 nitrogen and oxygen atoms in total. The van der Waals surface area contributed by atoms with Gasteiger partial charge in [-0.25, -0.2) is 18.4 Å². The average Bonchev–Trinajstić information content (AvgIpc) is 1.58. The number of alkyl halides is 1. The first-order valence-corrected chi connectivity index (χ1v) is 31.7. The molecule has 3 fully saturated rings. The number of piperidine rings is 3. The maximum absolute atomic E-state index is 15.4. The van der Waals surface area contributed by atoms with Gasteiger partial charge in [-0.3, -0.25) is 10.1 Å². The van der Waals surface area contributed by atoms with Gasteiger partial charge in [0.15, 0.2) is 5.65 Å². The lowest BCUT2D eigenvalue weighted by atomic mass is 9.78. The van der Waals surface area contributed by atoms with E-state index in [9.17, 15) is 15.3 Å². The van der Waals surface area contributed by atoms with Crippen molar-refractivity contribution in [3.8, 4) is 79.0 Å². The zero-order valence-corrected chi connectivity index (χ0v) is 55.2. The number of rotatable bonds is 9. The van der Waals surface area contributed by atoms with E-state index in [0.717, 1.165) is 59.0 Å². The van der Waals surface area contributed by atoms with Gasteiger partial charge in [0.05, 0.1) is 65.7 Å². The summed E-state index contributed by atoms with van der Waals surface area (Å²) in [5.41, 5.74) is 9.60. The first kappa shape index (κ1) is 63.6. The third kappa shape index (κ3) is 13.3. The quantitative estimate of drug-likeness (QED) is 0.0706. The molecule has 0 unspecified atom stereocenters. The minimum Gasteiger partial charge on any atom is -0.507 e. The normalized spacial score (nSPS) is 19.6. The number of nitrogens with one attached hydrogen (secondary N) is 4. The van der Waals surface area contributed by atoms with E-state index in [0.29, 0.717) is 68.2 Å². The molecule has 490 valence electrons. The van der Waals surface area contributed by atoms with Crippen molar-refractivity contribution in [1.29, 1.82) is 0 Å². The van der Waals surface area contributed by atoms with E-state index in [1.54, 1.807) is 78.3 Å². The topological polar surface area (TPSA) is 326 Å². The summed E-state index contributed by atoms with van der Waals surface area (Å²) < 4.78 is 20.8. The van der Waals surface area contributed by atoms with E-state index in [-0.39, 0.29) is 57.0 Å². The molecule has 27 heteroatoms. The maximum atomic E-state index is 15.4. The minimum atomic E-state index is -1.18. The van der Waals surface area contributed by atoms with Crippen LogP contribution in [0.25, 0.3) is 95.1 Å². The van der Waals surface area contributed by atoms with Gasteiger partial charge in [0.2, 0.25) is 11.3 Å². The van der Waals surface area contributed by atoms with Crippen LogP contribution in [-0.2, 0) is 0 Å². The highest BCUT2D eigenvalue weighted by Crippen LogP contribution is 2.43. The van der Waals surface area contributed by atoms with E-state index >= 15 is 4.39 Å². The van der Waals surface area contributed by atoms with E-state index in [2.05, 4.69) is 153 Å². The fourth-order valence-corrected chi connectivity index (χ4v) is 14.7. The second kappa shape index (κ2) is 24.0. The lowest BCUT2D eigenvalue weighted by Crippen LogP contribution is -2.64. The minimum absolute atomic E-state index is 0.0143. The summed E-state index contributed by atoms with van der Waals surface area (Å²) in [7, 11) is 0. The summed E-state index contributed by atoms with van der Waals surface area (Å²) in [5.74, 6) is 0.301. The standard InChI is InChI=1S/C25H28N6O.C22H25FN8O.C21H25N9O/c1-24(2)13-19(14-25(3,4)30-24)31-23-18(15-27-31)11-21(28-29-23)20-6-5-17(12-22(20)32)16-7-9-26-10-8-16;1-21(2)9-17(19(23)22(3,4)29-21)31-20-16(27-30-31)8-15(26-28-20)14-6-5-12(7-18(14)32)13-10-24-25-11-13;1-20(2)11-14(12-21(3,4)27-20)29-19-17(25-28-29)10-16(24-26-19)15-6-5-13(9-18(15)31)30-22-7-8-23-30/h5-12,15,19,30,32H,13-14H2,1-4H3;5-8,10-11,17,19,29,32H,9H2,1-4H3,(H,24,25);5-10,14,27,31H,11-12H2,1-4H3/t;17-,19-;/m.0./s1. The molecule has 0 spiro atoms. The Morgan fingerprint density at radius 1 is 0.442 bits per heavy atom. The van der Waals surface area contributed by atoms with Crippen LogP contribution in [-0.4, -0.2) is 155 Å². The molecule has 3 aliphatic rings. The fourth-order valence-electron chi connectivity index (χ4n) is 14.7.